The van der Waals surface area contributed by atoms with Crippen molar-refractivity contribution in [2.45, 2.75) is 69.9 Å². The van der Waals surface area contributed by atoms with Crippen LogP contribution in [0.4, 0.5) is 34.0 Å². The molecule has 320 valence electrons. The topological polar surface area (TPSA) is 214 Å². The molecule has 1 unspecified atom stereocenters. The Kier molecular flexibility index (Phi) is 13.6. The van der Waals surface area contributed by atoms with E-state index in [9.17, 15) is 36.7 Å². The highest BCUT2D eigenvalue weighted by Crippen LogP contribution is 2.42. The molecule has 1 atom stereocenters. The second-order valence-electron chi connectivity index (χ2n) is 14.9. The van der Waals surface area contributed by atoms with Gasteiger partial charge in [-0.3, -0.25) is 14.7 Å². The maximum absolute atomic E-state index is 14.3. The van der Waals surface area contributed by atoms with Crippen LogP contribution in [0.25, 0.3) is 22.5 Å². The van der Waals surface area contributed by atoms with E-state index in [1.54, 1.807) is 31.3 Å². The Morgan fingerprint density at radius 3 is 2.28 bits per heavy atom. The van der Waals surface area contributed by atoms with Gasteiger partial charge < -0.3 is 35.4 Å². The molecule has 4 aromatic rings. The SMILES string of the molecule is CC(C)OC(=O)NCC1CCC(C(=O)NC(Cc2cccc(-c3cnc(N4CCOCC4)nc3)c2)C(=O)Nc2ccc(-c3n[nH]c(C(F)(F)C(F)(F)C(=O)O)n3)cc2)CC1. The van der Waals surface area contributed by atoms with Gasteiger partial charge in [-0.1, -0.05) is 24.3 Å². The minimum Gasteiger partial charge on any atom is -0.477 e. The number of alkyl carbamates (subject to hydrolysis) is 1. The number of halogens is 4. The Morgan fingerprint density at radius 1 is 0.950 bits per heavy atom. The molecule has 0 radical (unpaired) electrons. The molecule has 6 rings (SSSR count). The number of carbonyl (C=O) groups is 4. The number of aliphatic carboxylic acids is 1. The fourth-order valence-corrected chi connectivity index (χ4v) is 6.87. The summed E-state index contributed by atoms with van der Waals surface area (Å²) in [6.45, 7) is 6.50. The first kappa shape index (κ1) is 43.4. The first-order valence-electron chi connectivity index (χ1n) is 19.4. The maximum Gasteiger partial charge on any atom is 0.411 e. The van der Waals surface area contributed by atoms with E-state index in [0.717, 1.165) is 16.7 Å². The molecule has 2 aliphatic rings. The lowest BCUT2D eigenvalue weighted by Crippen LogP contribution is -2.48. The Morgan fingerprint density at radius 2 is 1.63 bits per heavy atom. The van der Waals surface area contributed by atoms with Gasteiger partial charge in [0, 0.05) is 61.2 Å². The third kappa shape index (κ3) is 10.5. The average molecular weight is 840 g/mol. The number of carbonyl (C=O) groups excluding carboxylic acids is 3. The van der Waals surface area contributed by atoms with Crippen LogP contribution in [0.3, 0.4) is 0 Å². The van der Waals surface area contributed by atoms with Crippen molar-refractivity contribution < 1.29 is 51.3 Å². The number of morpholine rings is 1. The van der Waals surface area contributed by atoms with E-state index in [4.69, 9.17) is 14.6 Å². The molecule has 16 nitrogen and oxygen atoms in total. The van der Waals surface area contributed by atoms with Crippen LogP contribution in [-0.4, -0.2) is 105 Å². The molecule has 1 saturated carbocycles. The van der Waals surface area contributed by atoms with E-state index in [2.05, 4.69) is 36.0 Å². The van der Waals surface area contributed by atoms with Gasteiger partial charge in [0.15, 0.2) is 5.82 Å². The standard InChI is InChI=1S/C40H45F4N9O7/c1-23(2)60-38(58)47-20-24-6-8-27(9-7-24)33(54)49-31(19-25-4-3-5-28(18-25)29-21-45-37(46-22-29)53-14-16-59-17-15-53)34(55)48-30-12-10-26(11-13-30)32-50-35(52-51-32)39(41,42)40(43,44)36(56)57/h3-5,10-13,18,21-24,27,31H,6-9,14-17,19-20H2,1-2H3,(H,47,58)(H,48,55)(H,49,54)(H,56,57)(H,50,51,52). The molecule has 0 spiro atoms. The molecule has 20 heteroatoms. The van der Waals surface area contributed by atoms with Gasteiger partial charge in [0.1, 0.15) is 6.04 Å². The number of rotatable bonds is 15. The Labute approximate surface area is 341 Å². The third-order valence-electron chi connectivity index (χ3n) is 10.2. The van der Waals surface area contributed by atoms with E-state index in [0.29, 0.717) is 64.5 Å². The van der Waals surface area contributed by atoms with Gasteiger partial charge >= 0.3 is 23.9 Å². The summed E-state index contributed by atoms with van der Waals surface area (Å²) in [6, 6.07) is 11.9. The largest absolute Gasteiger partial charge is 0.477 e. The molecule has 2 fully saturated rings. The molecule has 1 aliphatic carbocycles. The highest BCUT2D eigenvalue weighted by Gasteiger charge is 2.65. The average Bonchev–Trinajstić information content (AvgIpc) is 3.75. The number of ether oxygens (including phenoxy) is 2. The van der Waals surface area contributed by atoms with E-state index in [1.807, 2.05) is 29.2 Å². The maximum atomic E-state index is 14.3. The minimum absolute atomic E-state index is 0.0937. The first-order valence-corrected chi connectivity index (χ1v) is 19.4. The number of carboxylic acid groups (broad SMARTS) is 1. The summed E-state index contributed by atoms with van der Waals surface area (Å²) in [7, 11) is 0. The zero-order valence-corrected chi connectivity index (χ0v) is 32.8. The molecule has 3 amide bonds. The summed E-state index contributed by atoms with van der Waals surface area (Å²) in [6.07, 6.45) is 5.27. The monoisotopic (exact) mass is 839 g/mol. The van der Waals surface area contributed by atoms with Crippen molar-refractivity contribution in [3.63, 3.8) is 0 Å². The van der Waals surface area contributed by atoms with Gasteiger partial charge in [-0.15, -0.1) is 0 Å². The van der Waals surface area contributed by atoms with E-state index >= 15 is 0 Å². The third-order valence-corrected chi connectivity index (χ3v) is 10.2. The van der Waals surface area contributed by atoms with Crippen LogP contribution in [0.15, 0.2) is 60.9 Å². The fraction of sp³-hybridized carbons (Fsp3) is 0.450. The Balaban J connectivity index is 1.15. The zero-order chi connectivity index (χ0) is 43.0. The van der Waals surface area contributed by atoms with Crippen molar-refractivity contribution in [3.05, 3.63) is 72.3 Å². The summed E-state index contributed by atoms with van der Waals surface area (Å²) >= 11 is 0. The van der Waals surface area contributed by atoms with Crippen molar-refractivity contribution in [1.29, 1.82) is 0 Å². The second-order valence-corrected chi connectivity index (χ2v) is 14.9. The predicted molar refractivity (Wildman–Crippen MR) is 208 cm³/mol. The lowest BCUT2D eigenvalue weighted by Gasteiger charge is -2.29. The van der Waals surface area contributed by atoms with E-state index in [-0.39, 0.29) is 41.5 Å². The molecule has 2 aromatic heterocycles. The van der Waals surface area contributed by atoms with Crippen molar-refractivity contribution in [2.24, 2.45) is 11.8 Å². The number of anilines is 2. The van der Waals surface area contributed by atoms with Crippen LogP contribution >= 0.6 is 0 Å². The summed E-state index contributed by atoms with van der Waals surface area (Å²) in [5.41, 5.74) is 2.62. The molecule has 3 heterocycles. The number of nitrogens with one attached hydrogen (secondary N) is 4. The van der Waals surface area contributed by atoms with Gasteiger partial charge in [0.05, 0.1) is 19.3 Å². The number of aromatic amines is 1. The molecule has 60 heavy (non-hydrogen) atoms. The Bertz CT molecular complexity index is 2120. The van der Waals surface area contributed by atoms with Gasteiger partial charge in [-0.05, 0) is 80.8 Å². The molecule has 5 N–H and O–H groups in total. The number of carboxylic acids is 1. The summed E-state index contributed by atoms with van der Waals surface area (Å²) in [5.74, 6) is -16.2. The first-order chi connectivity index (χ1) is 28.6. The van der Waals surface area contributed by atoms with Crippen molar-refractivity contribution in [2.75, 3.05) is 43.1 Å². The molecular formula is C40H45F4N9O7. The minimum atomic E-state index is -5.45. The summed E-state index contributed by atoms with van der Waals surface area (Å²) in [4.78, 5) is 64.9. The number of benzene rings is 2. The van der Waals surface area contributed by atoms with Crippen LogP contribution in [0.1, 0.15) is 50.9 Å². The Hall–Kier alpha value is -6.18. The van der Waals surface area contributed by atoms with Gasteiger partial charge in [-0.2, -0.15) is 22.7 Å². The van der Waals surface area contributed by atoms with Gasteiger partial charge in [0.25, 0.3) is 0 Å². The smallest absolute Gasteiger partial charge is 0.411 e. The van der Waals surface area contributed by atoms with Gasteiger partial charge in [-0.25, -0.2) is 24.5 Å². The molecule has 0 bridgehead atoms. The summed E-state index contributed by atoms with van der Waals surface area (Å²) in [5, 5.41) is 22.3. The van der Waals surface area contributed by atoms with Crippen molar-refractivity contribution >= 4 is 35.5 Å². The number of amides is 3. The van der Waals surface area contributed by atoms with Crippen molar-refractivity contribution in [3.8, 4) is 22.5 Å². The van der Waals surface area contributed by atoms with Gasteiger partial charge in [0.2, 0.25) is 23.6 Å². The zero-order valence-electron chi connectivity index (χ0n) is 32.8. The van der Waals surface area contributed by atoms with Crippen LogP contribution in [0.5, 0.6) is 0 Å². The quantitative estimate of drug-likeness (QED) is 0.0980. The normalized spacial score (nSPS) is 17.8. The van der Waals surface area contributed by atoms with Crippen LogP contribution < -0.4 is 20.9 Å². The van der Waals surface area contributed by atoms with Crippen LogP contribution in [-0.2, 0) is 36.2 Å². The highest BCUT2D eigenvalue weighted by molar-refractivity contribution is 5.98. The highest BCUT2D eigenvalue weighted by atomic mass is 19.3. The van der Waals surface area contributed by atoms with Crippen LogP contribution in [0, 0.1) is 11.8 Å². The van der Waals surface area contributed by atoms with E-state index < -0.39 is 47.5 Å². The number of H-pyrrole nitrogens is 1. The number of nitrogens with zero attached hydrogens (tertiary/aromatic N) is 5. The second kappa shape index (κ2) is 18.8. The molecular weight excluding hydrogens is 794 g/mol. The van der Waals surface area contributed by atoms with E-state index in [1.165, 1.54) is 24.3 Å². The predicted octanol–water partition coefficient (Wildman–Crippen LogP) is 5.18. The number of hydrogen-bond acceptors (Lipinski definition) is 11. The number of hydrogen-bond donors (Lipinski definition) is 5. The van der Waals surface area contributed by atoms with Crippen molar-refractivity contribution in [1.82, 2.24) is 35.8 Å². The molecule has 2 aromatic carbocycles. The number of aromatic nitrogens is 5. The lowest BCUT2D eigenvalue weighted by atomic mass is 9.81. The number of alkyl halides is 4. The molecule has 1 aliphatic heterocycles. The molecule has 1 saturated heterocycles. The summed E-state index contributed by atoms with van der Waals surface area (Å²) < 4.78 is 66.6. The fourth-order valence-electron chi connectivity index (χ4n) is 6.87. The lowest BCUT2D eigenvalue weighted by molar-refractivity contribution is -0.231. The van der Waals surface area contributed by atoms with Crippen LogP contribution in [0.2, 0.25) is 0 Å².